The third-order valence-corrected chi connectivity index (χ3v) is 3.91. The van der Waals surface area contributed by atoms with E-state index in [-0.39, 0.29) is 23.0 Å². The molecule has 1 atom stereocenters. The summed E-state index contributed by atoms with van der Waals surface area (Å²) in [4.78, 5) is 39.8. The summed E-state index contributed by atoms with van der Waals surface area (Å²) < 4.78 is 5.37. The van der Waals surface area contributed by atoms with Crippen molar-refractivity contribution in [1.29, 1.82) is 0 Å². The van der Waals surface area contributed by atoms with E-state index in [2.05, 4.69) is 0 Å². The molecule has 0 unspecified atom stereocenters. The highest BCUT2D eigenvalue weighted by Gasteiger charge is 2.36. The van der Waals surface area contributed by atoms with Crippen molar-refractivity contribution in [3.63, 3.8) is 0 Å². The lowest BCUT2D eigenvalue weighted by molar-refractivity contribution is -0.138. The van der Waals surface area contributed by atoms with Crippen molar-refractivity contribution in [3.05, 3.63) is 33.9 Å². The molecule has 2 rings (SSSR count). The number of likely N-dealkylation sites (N-methyl/N-ethyl adjacent to an activating group) is 1. The van der Waals surface area contributed by atoms with Gasteiger partial charge in [0, 0.05) is 32.3 Å². The van der Waals surface area contributed by atoms with Crippen molar-refractivity contribution in [3.8, 4) is 0 Å². The third-order valence-electron chi connectivity index (χ3n) is 3.91. The average Bonchev–Trinajstić information content (AvgIpc) is 2.47. The van der Waals surface area contributed by atoms with Crippen LogP contribution in [0.15, 0.2) is 21.3 Å². The van der Waals surface area contributed by atoms with Crippen molar-refractivity contribution in [2.75, 3.05) is 20.1 Å². The number of hydrogen-bond donors (Lipinski definition) is 0. The molecule has 6 heteroatoms. The second-order valence-corrected chi connectivity index (χ2v) is 5.68. The summed E-state index contributed by atoms with van der Waals surface area (Å²) >= 11 is 0. The Morgan fingerprint density at radius 1 is 1.32 bits per heavy atom. The molecular weight excluding hydrogens is 284 g/mol. The lowest BCUT2D eigenvalue weighted by atomic mass is 10.0. The Kier molecular flexibility index (Phi) is 5.00. The molecule has 6 nitrogen and oxygen atoms in total. The smallest absolute Gasteiger partial charge is 0.290 e. The molecule has 1 saturated heterocycles. The van der Waals surface area contributed by atoms with Crippen molar-refractivity contribution >= 4 is 11.8 Å². The molecule has 0 aromatic carbocycles. The standard InChI is InChI=1S/C16H22N2O4/c1-4-5-6-13-15(20)17(3)7-8-18(13)16(21)14-10-12(19)9-11(2)22-14/h9-10,13H,4-8H2,1-3H3/t13-/m1/s1. The fraction of sp³-hybridized carbons (Fsp3) is 0.562. The van der Waals surface area contributed by atoms with Gasteiger partial charge >= 0.3 is 0 Å². The van der Waals surface area contributed by atoms with Gasteiger partial charge in [0.15, 0.2) is 11.2 Å². The summed E-state index contributed by atoms with van der Waals surface area (Å²) in [5.74, 6) is -0.0448. The van der Waals surface area contributed by atoms with Gasteiger partial charge in [-0.25, -0.2) is 0 Å². The molecule has 1 fully saturated rings. The van der Waals surface area contributed by atoms with Gasteiger partial charge in [0.1, 0.15) is 11.8 Å². The van der Waals surface area contributed by atoms with Crippen molar-refractivity contribution in [2.24, 2.45) is 0 Å². The van der Waals surface area contributed by atoms with Crippen LogP contribution in [0, 0.1) is 6.92 Å². The first-order chi connectivity index (χ1) is 10.4. The predicted molar refractivity (Wildman–Crippen MR) is 81.7 cm³/mol. The number of unbranched alkanes of at least 4 members (excludes halogenated alkanes) is 1. The average molecular weight is 306 g/mol. The van der Waals surface area contributed by atoms with Crippen LogP contribution >= 0.6 is 0 Å². The molecule has 120 valence electrons. The second-order valence-electron chi connectivity index (χ2n) is 5.68. The molecule has 0 bridgehead atoms. The van der Waals surface area contributed by atoms with Gasteiger partial charge in [-0.1, -0.05) is 19.8 Å². The van der Waals surface area contributed by atoms with Gasteiger partial charge in [0.25, 0.3) is 5.91 Å². The topological polar surface area (TPSA) is 70.8 Å². The lowest BCUT2D eigenvalue weighted by Crippen LogP contribution is -2.57. The van der Waals surface area contributed by atoms with Crippen molar-refractivity contribution < 1.29 is 14.0 Å². The Bertz CT molecular complexity index is 623. The number of amides is 2. The molecule has 2 heterocycles. The number of nitrogens with zero attached hydrogens (tertiary/aromatic N) is 2. The molecule has 0 N–H and O–H groups in total. The SMILES string of the molecule is CCCC[C@@H]1C(=O)N(C)CCN1C(=O)c1cc(=O)cc(C)o1. The van der Waals surface area contributed by atoms with Crippen molar-refractivity contribution in [2.45, 2.75) is 39.2 Å². The molecule has 1 aromatic heterocycles. The van der Waals surface area contributed by atoms with Crippen LogP contribution < -0.4 is 5.43 Å². The zero-order valence-electron chi connectivity index (χ0n) is 13.3. The zero-order valence-corrected chi connectivity index (χ0v) is 13.3. The largest absolute Gasteiger partial charge is 0.456 e. The van der Waals surface area contributed by atoms with E-state index in [1.54, 1.807) is 18.9 Å². The fourth-order valence-electron chi connectivity index (χ4n) is 2.68. The Balaban J connectivity index is 2.28. The molecular formula is C16H22N2O4. The van der Waals surface area contributed by atoms with Crippen molar-refractivity contribution in [1.82, 2.24) is 9.80 Å². The predicted octanol–water partition coefficient (Wildman–Crippen LogP) is 1.42. The monoisotopic (exact) mass is 306 g/mol. The number of piperazine rings is 1. The highest BCUT2D eigenvalue weighted by Crippen LogP contribution is 2.19. The fourth-order valence-corrected chi connectivity index (χ4v) is 2.68. The second kappa shape index (κ2) is 6.77. The van der Waals surface area contributed by atoms with Gasteiger partial charge < -0.3 is 14.2 Å². The first kappa shape index (κ1) is 16.3. The van der Waals surface area contributed by atoms with Crippen LogP contribution in [0.3, 0.4) is 0 Å². The highest BCUT2D eigenvalue weighted by molar-refractivity contribution is 5.96. The quantitative estimate of drug-likeness (QED) is 0.843. The number of rotatable bonds is 4. The molecule has 0 saturated carbocycles. The number of hydrogen-bond acceptors (Lipinski definition) is 4. The van der Waals surface area contributed by atoms with E-state index in [4.69, 9.17) is 4.42 Å². The molecule has 0 radical (unpaired) electrons. The van der Waals surface area contributed by atoms with Gasteiger partial charge in [-0.15, -0.1) is 0 Å². The summed E-state index contributed by atoms with van der Waals surface area (Å²) in [5, 5.41) is 0. The minimum absolute atomic E-state index is 0.00357. The van der Waals surface area contributed by atoms with E-state index < -0.39 is 6.04 Å². The molecule has 2 amide bonds. The van der Waals surface area contributed by atoms with Crippen LogP contribution in [0.5, 0.6) is 0 Å². The first-order valence-electron chi connectivity index (χ1n) is 7.61. The summed E-state index contributed by atoms with van der Waals surface area (Å²) in [6.45, 7) is 4.61. The zero-order chi connectivity index (χ0) is 16.3. The molecule has 22 heavy (non-hydrogen) atoms. The summed E-state index contributed by atoms with van der Waals surface area (Å²) in [7, 11) is 1.75. The van der Waals surface area contributed by atoms with Gasteiger partial charge in [0.05, 0.1) is 0 Å². The van der Waals surface area contributed by atoms with Crippen LogP contribution in [-0.4, -0.2) is 47.8 Å². The number of carbonyl (C=O) groups excluding carboxylic acids is 2. The summed E-state index contributed by atoms with van der Waals surface area (Å²) in [6, 6.07) is 2.05. The van der Waals surface area contributed by atoms with E-state index in [9.17, 15) is 14.4 Å². The Labute approximate surface area is 129 Å². The minimum Gasteiger partial charge on any atom is -0.456 e. The van der Waals surface area contributed by atoms with Crippen LogP contribution in [-0.2, 0) is 4.79 Å². The Morgan fingerprint density at radius 3 is 2.68 bits per heavy atom. The van der Waals surface area contributed by atoms with Gasteiger partial charge in [-0.05, 0) is 13.3 Å². The van der Waals surface area contributed by atoms with Crippen LogP contribution in [0.2, 0.25) is 0 Å². The minimum atomic E-state index is -0.475. The Hall–Kier alpha value is -2.11. The van der Waals surface area contributed by atoms with Crippen LogP contribution in [0.4, 0.5) is 0 Å². The summed E-state index contributed by atoms with van der Waals surface area (Å²) in [6.07, 6.45) is 2.45. The number of carbonyl (C=O) groups is 2. The summed E-state index contributed by atoms with van der Waals surface area (Å²) in [5.41, 5.74) is -0.266. The van der Waals surface area contributed by atoms with E-state index in [0.717, 1.165) is 12.8 Å². The van der Waals surface area contributed by atoms with Crippen LogP contribution in [0.1, 0.15) is 42.5 Å². The van der Waals surface area contributed by atoms with Crippen LogP contribution in [0.25, 0.3) is 0 Å². The molecule has 1 aliphatic heterocycles. The molecule has 1 aromatic rings. The maximum absolute atomic E-state index is 12.7. The van der Waals surface area contributed by atoms with Gasteiger partial charge in [-0.3, -0.25) is 14.4 Å². The first-order valence-corrected chi connectivity index (χ1v) is 7.61. The Morgan fingerprint density at radius 2 is 2.05 bits per heavy atom. The van der Waals surface area contributed by atoms with Gasteiger partial charge in [-0.2, -0.15) is 0 Å². The van der Waals surface area contributed by atoms with E-state index in [0.29, 0.717) is 25.3 Å². The van der Waals surface area contributed by atoms with E-state index in [1.165, 1.54) is 17.0 Å². The lowest BCUT2D eigenvalue weighted by Gasteiger charge is -2.38. The van der Waals surface area contributed by atoms with E-state index in [1.807, 2.05) is 6.92 Å². The molecule has 0 spiro atoms. The number of aryl methyl sites for hydroxylation is 1. The normalized spacial score (nSPS) is 18.7. The molecule has 0 aliphatic carbocycles. The van der Waals surface area contributed by atoms with Gasteiger partial charge in [0.2, 0.25) is 5.91 Å². The highest BCUT2D eigenvalue weighted by atomic mass is 16.3. The molecule has 1 aliphatic rings. The third kappa shape index (κ3) is 3.37. The maximum Gasteiger partial charge on any atom is 0.290 e. The van der Waals surface area contributed by atoms with E-state index >= 15 is 0 Å². The maximum atomic E-state index is 12.7.